The van der Waals surface area contributed by atoms with Crippen molar-refractivity contribution in [1.82, 2.24) is 9.78 Å². The molecule has 0 unspecified atom stereocenters. The first-order valence-corrected chi connectivity index (χ1v) is 5.46. The topological polar surface area (TPSA) is 44.1 Å². The third-order valence-corrected chi connectivity index (χ3v) is 2.62. The van der Waals surface area contributed by atoms with Gasteiger partial charge >= 0.3 is 0 Å². The zero-order valence-electron chi connectivity index (χ0n) is 9.88. The van der Waals surface area contributed by atoms with Crippen LogP contribution in [0, 0.1) is 0 Å². The summed E-state index contributed by atoms with van der Waals surface area (Å²) in [6.45, 7) is 1.98. The van der Waals surface area contributed by atoms with Crippen molar-refractivity contribution in [3.8, 4) is 11.4 Å². The molecule has 2 rings (SSSR count). The molecule has 0 saturated heterocycles. The molecular weight excluding hydrogens is 216 g/mol. The minimum Gasteiger partial charge on any atom is -0.497 e. The van der Waals surface area contributed by atoms with Crippen molar-refractivity contribution in [2.24, 2.45) is 0 Å². The van der Waals surface area contributed by atoms with Crippen LogP contribution in [0.1, 0.15) is 23.0 Å². The maximum atomic E-state index is 10.9. The number of hydrogen-bond acceptors (Lipinski definition) is 3. The molecule has 0 atom stereocenters. The molecule has 2 aromatic rings. The Hall–Kier alpha value is -2.10. The molecule has 0 N–H and O–H groups in total. The fourth-order valence-corrected chi connectivity index (χ4v) is 1.66. The highest BCUT2D eigenvalue weighted by atomic mass is 16.5. The van der Waals surface area contributed by atoms with Crippen molar-refractivity contribution >= 4 is 6.29 Å². The Morgan fingerprint density at radius 1 is 1.35 bits per heavy atom. The smallest absolute Gasteiger partial charge is 0.153 e. The van der Waals surface area contributed by atoms with Crippen LogP contribution < -0.4 is 4.74 Å². The van der Waals surface area contributed by atoms with Crippen LogP contribution >= 0.6 is 0 Å². The number of aromatic nitrogens is 2. The van der Waals surface area contributed by atoms with E-state index in [1.807, 2.05) is 31.2 Å². The Bertz CT molecular complexity index is 515. The van der Waals surface area contributed by atoms with Crippen molar-refractivity contribution in [3.63, 3.8) is 0 Å². The van der Waals surface area contributed by atoms with Crippen molar-refractivity contribution in [2.75, 3.05) is 7.11 Å². The van der Waals surface area contributed by atoms with Gasteiger partial charge in [0.15, 0.2) is 6.29 Å². The summed E-state index contributed by atoms with van der Waals surface area (Å²) in [5, 5.41) is 4.37. The predicted molar refractivity (Wildman–Crippen MR) is 64.9 cm³/mol. The van der Waals surface area contributed by atoms with Crippen molar-refractivity contribution < 1.29 is 9.53 Å². The summed E-state index contributed by atoms with van der Waals surface area (Å²) in [5.41, 5.74) is 2.37. The summed E-state index contributed by atoms with van der Waals surface area (Å²) < 4.78 is 6.80. The van der Waals surface area contributed by atoms with Crippen LogP contribution in [0.4, 0.5) is 0 Å². The average molecular weight is 230 g/mol. The lowest BCUT2D eigenvalue weighted by Gasteiger charge is -2.02. The van der Waals surface area contributed by atoms with E-state index in [1.165, 1.54) is 0 Å². The summed E-state index contributed by atoms with van der Waals surface area (Å²) in [5.74, 6) is 0.798. The third kappa shape index (κ3) is 2.20. The highest BCUT2D eigenvalue weighted by Crippen LogP contribution is 2.16. The quantitative estimate of drug-likeness (QED) is 0.757. The van der Waals surface area contributed by atoms with Crippen LogP contribution in [-0.4, -0.2) is 23.2 Å². The Labute approximate surface area is 99.8 Å². The van der Waals surface area contributed by atoms with Gasteiger partial charge in [0.1, 0.15) is 5.75 Å². The predicted octanol–water partition coefficient (Wildman–Crippen LogP) is 2.26. The Balaban J connectivity index is 2.38. The zero-order valence-corrected chi connectivity index (χ0v) is 9.88. The Morgan fingerprint density at radius 3 is 2.53 bits per heavy atom. The highest BCUT2D eigenvalue weighted by Gasteiger charge is 2.07. The van der Waals surface area contributed by atoms with Gasteiger partial charge < -0.3 is 4.74 Å². The first-order chi connectivity index (χ1) is 8.28. The second kappa shape index (κ2) is 4.82. The molecule has 0 saturated carbocycles. The number of aldehydes is 1. The van der Waals surface area contributed by atoms with Crippen LogP contribution in [0.2, 0.25) is 0 Å². The van der Waals surface area contributed by atoms with Crippen LogP contribution in [0.15, 0.2) is 30.5 Å². The van der Waals surface area contributed by atoms with Crippen LogP contribution in [0.3, 0.4) is 0 Å². The van der Waals surface area contributed by atoms with Gasteiger partial charge in [0.05, 0.1) is 24.1 Å². The second-order valence-electron chi connectivity index (χ2n) is 3.65. The van der Waals surface area contributed by atoms with E-state index in [2.05, 4.69) is 5.10 Å². The fraction of sp³-hybridized carbons (Fsp3) is 0.231. The van der Waals surface area contributed by atoms with Crippen LogP contribution in [-0.2, 0) is 6.42 Å². The van der Waals surface area contributed by atoms with E-state index in [0.29, 0.717) is 5.56 Å². The second-order valence-corrected chi connectivity index (χ2v) is 3.65. The lowest BCUT2D eigenvalue weighted by Crippen LogP contribution is -1.95. The van der Waals surface area contributed by atoms with Gasteiger partial charge in [0.2, 0.25) is 0 Å². The summed E-state index contributed by atoms with van der Waals surface area (Å²) in [6.07, 6.45) is 3.33. The van der Waals surface area contributed by atoms with Crippen LogP contribution in [0.5, 0.6) is 5.75 Å². The average Bonchev–Trinajstić information content (AvgIpc) is 2.82. The van der Waals surface area contributed by atoms with Gasteiger partial charge in [0, 0.05) is 6.20 Å². The molecule has 0 aliphatic carbocycles. The molecule has 0 fully saturated rings. The van der Waals surface area contributed by atoms with E-state index < -0.39 is 0 Å². The number of methoxy groups -OCH3 is 1. The van der Waals surface area contributed by atoms with Gasteiger partial charge in [-0.1, -0.05) is 6.92 Å². The largest absolute Gasteiger partial charge is 0.497 e. The maximum absolute atomic E-state index is 10.9. The lowest BCUT2D eigenvalue weighted by atomic mass is 10.2. The fourth-order valence-electron chi connectivity index (χ4n) is 1.66. The Morgan fingerprint density at radius 2 is 2.06 bits per heavy atom. The number of hydrogen-bond donors (Lipinski definition) is 0. The molecule has 17 heavy (non-hydrogen) atoms. The molecule has 0 amide bonds. The van der Waals surface area contributed by atoms with E-state index in [4.69, 9.17) is 4.74 Å². The molecule has 1 aromatic heterocycles. The number of ether oxygens (including phenoxy) is 1. The molecule has 4 heteroatoms. The first-order valence-electron chi connectivity index (χ1n) is 5.46. The van der Waals surface area contributed by atoms with Gasteiger partial charge in [-0.3, -0.25) is 4.79 Å². The van der Waals surface area contributed by atoms with E-state index in [9.17, 15) is 4.79 Å². The van der Waals surface area contributed by atoms with Gasteiger partial charge in [-0.2, -0.15) is 5.10 Å². The molecule has 4 nitrogen and oxygen atoms in total. The molecule has 0 spiro atoms. The van der Waals surface area contributed by atoms with Gasteiger partial charge in [-0.15, -0.1) is 0 Å². The zero-order chi connectivity index (χ0) is 12.3. The lowest BCUT2D eigenvalue weighted by molar-refractivity contribution is 0.112. The Kier molecular flexibility index (Phi) is 3.23. The number of benzene rings is 1. The van der Waals surface area contributed by atoms with E-state index in [0.717, 1.165) is 29.8 Å². The molecule has 88 valence electrons. The third-order valence-electron chi connectivity index (χ3n) is 2.62. The monoisotopic (exact) mass is 230 g/mol. The van der Waals surface area contributed by atoms with E-state index >= 15 is 0 Å². The minimum absolute atomic E-state index is 0.642. The normalized spacial score (nSPS) is 10.2. The van der Waals surface area contributed by atoms with Gasteiger partial charge in [0.25, 0.3) is 0 Å². The molecule has 0 radical (unpaired) electrons. The number of aryl methyl sites for hydroxylation is 1. The number of carbonyl (C=O) groups excluding carboxylic acids is 1. The molecule has 1 aromatic carbocycles. The van der Waals surface area contributed by atoms with Gasteiger partial charge in [-0.05, 0) is 30.7 Å². The number of nitrogens with zero attached hydrogens (tertiary/aromatic N) is 2. The molecule has 0 aliphatic heterocycles. The van der Waals surface area contributed by atoms with E-state index in [-0.39, 0.29) is 0 Å². The van der Waals surface area contributed by atoms with Gasteiger partial charge in [-0.25, -0.2) is 4.68 Å². The van der Waals surface area contributed by atoms with Crippen molar-refractivity contribution in [1.29, 1.82) is 0 Å². The van der Waals surface area contributed by atoms with Crippen molar-refractivity contribution in [2.45, 2.75) is 13.3 Å². The van der Waals surface area contributed by atoms with Crippen LogP contribution in [0.25, 0.3) is 5.69 Å². The molecule has 1 heterocycles. The molecule has 0 aliphatic rings. The highest BCUT2D eigenvalue weighted by molar-refractivity contribution is 5.76. The SMILES string of the molecule is CCc1nn(-c2ccc(OC)cc2)cc1C=O. The first kappa shape index (κ1) is 11.4. The molecular formula is C13H14N2O2. The summed E-state index contributed by atoms with van der Waals surface area (Å²) >= 11 is 0. The minimum atomic E-state index is 0.642. The summed E-state index contributed by atoms with van der Waals surface area (Å²) in [7, 11) is 1.63. The number of carbonyl (C=O) groups is 1. The standard InChI is InChI=1S/C13H14N2O2/c1-3-13-10(9-16)8-15(14-13)11-4-6-12(17-2)7-5-11/h4-9H,3H2,1-2H3. The van der Waals surface area contributed by atoms with E-state index in [1.54, 1.807) is 18.0 Å². The summed E-state index contributed by atoms with van der Waals surface area (Å²) in [6, 6.07) is 7.53. The maximum Gasteiger partial charge on any atom is 0.153 e. The van der Waals surface area contributed by atoms with Crippen molar-refractivity contribution in [3.05, 3.63) is 41.7 Å². The number of rotatable bonds is 4. The summed E-state index contributed by atoms with van der Waals surface area (Å²) in [4.78, 5) is 10.9. The molecule has 0 bridgehead atoms.